The number of carbonyl (C=O) groups is 5. The molecule has 5 amide bonds. The van der Waals surface area contributed by atoms with Gasteiger partial charge in [0.2, 0.25) is 11.8 Å². The number of amides is 5. The van der Waals surface area contributed by atoms with E-state index in [0.717, 1.165) is 30.8 Å². The van der Waals surface area contributed by atoms with Gasteiger partial charge in [0.05, 0.1) is 24.3 Å². The molecule has 3 N–H and O–H groups in total. The molecule has 0 radical (unpaired) electrons. The summed E-state index contributed by atoms with van der Waals surface area (Å²) in [5.41, 5.74) is 0.425. The number of nitrogens with zero attached hydrogens (tertiary/aromatic N) is 2. The van der Waals surface area contributed by atoms with Crippen LogP contribution in [0, 0.1) is 0 Å². The summed E-state index contributed by atoms with van der Waals surface area (Å²) in [6.45, 7) is 9.01. The summed E-state index contributed by atoms with van der Waals surface area (Å²) in [7, 11) is 0. The predicted molar refractivity (Wildman–Crippen MR) is 141 cm³/mol. The van der Waals surface area contributed by atoms with Crippen LogP contribution >= 0.6 is 0 Å². The van der Waals surface area contributed by atoms with E-state index in [1.54, 1.807) is 18.2 Å². The number of imide groups is 2. The van der Waals surface area contributed by atoms with Crippen molar-refractivity contribution >= 4 is 35.4 Å². The molecule has 12 heteroatoms. The first-order chi connectivity index (χ1) is 18.5. The molecule has 2 atom stereocenters. The number of piperidine rings is 1. The van der Waals surface area contributed by atoms with Gasteiger partial charge in [-0.05, 0) is 58.7 Å². The second-order valence-corrected chi connectivity index (χ2v) is 10.9. The standard InChI is InChI=1S/C27H37N5O7/c1-27(2,3)39-26(37)29-16-17-6-5-12-31(17)13-15-38-14-11-28-19-8-4-7-18-22(19)25(36)32(24(18)35)20-9-10-21(33)30-23(20)34/h4,7-8,17,20,28H,5-6,9-16H2,1-3H3,(H,29,37)(H,30,33,34). The molecule has 4 rings (SSSR count). The minimum absolute atomic E-state index is 0.0741. The molecule has 212 valence electrons. The van der Waals surface area contributed by atoms with Gasteiger partial charge in [-0.2, -0.15) is 0 Å². The lowest BCUT2D eigenvalue weighted by Crippen LogP contribution is -2.54. The van der Waals surface area contributed by atoms with Crippen LogP contribution in [0.5, 0.6) is 0 Å². The van der Waals surface area contributed by atoms with Crippen molar-refractivity contribution in [3.63, 3.8) is 0 Å². The van der Waals surface area contributed by atoms with Crippen molar-refractivity contribution < 1.29 is 33.4 Å². The molecule has 3 heterocycles. The van der Waals surface area contributed by atoms with E-state index >= 15 is 0 Å². The van der Waals surface area contributed by atoms with E-state index in [1.165, 1.54) is 0 Å². The SMILES string of the molecule is CC(C)(C)OC(=O)NCC1CCCN1CCOCCNc1cccc2c1C(=O)N(C1CCC(=O)NC1=O)C2=O. The zero-order valence-electron chi connectivity index (χ0n) is 22.7. The van der Waals surface area contributed by atoms with Gasteiger partial charge < -0.3 is 20.1 Å². The number of carbonyl (C=O) groups excluding carboxylic acids is 5. The van der Waals surface area contributed by atoms with Crippen LogP contribution in [0.1, 0.15) is 67.2 Å². The average molecular weight is 544 g/mol. The van der Waals surface area contributed by atoms with Gasteiger partial charge in [0, 0.05) is 37.8 Å². The van der Waals surface area contributed by atoms with Crippen molar-refractivity contribution in [2.75, 3.05) is 44.7 Å². The molecule has 2 unspecified atom stereocenters. The summed E-state index contributed by atoms with van der Waals surface area (Å²) in [6.07, 6.45) is 1.83. The topological polar surface area (TPSA) is 146 Å². The maximum absolute atomic E-state index is 13.2. The Morgan fingerprint density at radius 2 is 1.90 bits per heavy atom. The van der Waals surface area contributed by atoms with Crippen molar-refractivity contribution in [3.8, 4) is 0 Å². The molecule has 3 aliphatic rings. The highest BCUT2D eigenvalue weighted by molar-refractivity contribution is 6.25. The van der Waals surface area contributed by atoms with E-state index in [2.05, 4.69) is 20.9 Å². The molecule has 2 saturated heterocycles. The number of benzene rings is 1. The van der Waals surface area contributed by atoms with Crippen molar-refractivity contribution in [1.29, 1.82) is 0 Å². The number of rotatable bonds is 10. The fourth-order valence-electron chi connectivity index (χ4n) is 5.14. The van der Waals surface area contributed by atoms with Gasteiger partial charge >= 0.3 is 6.09 Å². The molecule has 0 saturated carbocycles. The maximum Gasteiger partial charge on any atom is 0.407 e. The molecule has 12 nitrogen and oxygen atoms in total. The number of anilines is 1. The van der Waals surface area contributed by atoms with Gasteiger partial charge in [-0.1, -0.05) is 6.07 Å². The highest BCUT2D eigenvalue weighted by Gasteiger charge is 2.45. The highest BCUT2D eigenvalue weighted by Crippen LogP contribution is 2.32. The Labute approximate surface area is 227 Å². The van der Waals surface area contributed by atoms with E-state index in [1.807, 2.05) is 20.8 Å². The van der Waals surface area contributed by atoms with Crippen LogP contribution in [-0.2, 0) is 19.1 Å². The lowest BCUT2D eigenvalue weighted by atomic mass is 10.0. The molecule has 0 aliphatic carbocycles. The van der Waals surface area contributed by atoms with E-state index < -0.39 is 41.4 Å². The number of alkyl carbamates (subject to hydrolysis) is 1. The van der Waals surface area contributed by atoms with Crippen molar-refractivity contribution in [2.45, 2.75) is 64.1 Å². The van der Waals surface area contributed by atoms with Crippen LogP contribution in [0.25, 0.3) is 0 Å². The molecule has 2 fully saturated rings. The summed E-state index contributed by atoms with van der Waals surface area (Å²) in [6, 6.07) is 4.19. The van der Waals surface area contributed by atoms with Crippen LogP contribution in [0.3, 0.4) is 0 Å². The van der Waals surface area contributed by atoms with Crippen LogP contribution in [0.2, 0.25) is 0 Å². The molecule has 39 heavy (non-hydrogen) atoms. The highest BCUT2D eigenvalue weighted by atomic mass is 16.6. The normalized spacial score (nSPS) is 21.7. The van der Waals surface area contributed by atoms with E-state index in [-0.39, 0.29) is 30.0 Å². The first-order valence-electron chi connectivity index (χ1n) is 13.4. The Bertz CT molecular complexity index is 1130. The molecule has 3 aliphatic heterocycles. The summed E-state index contributed by atoms with van der Waals surface area (Å²) in [5.74, 6) is -2.13. The van der Waals surface area contributed by atoms with E-state index in [4.69, 9.17) is 9.47 Å². The predicted octanol–water partition coefficient (Wildman–Crippen LogP) is 1.51. The summed E-state index contributed by atoms with van der Waals surface area (Å²) >= 11 is 0. The fraction of sp³-hybridized carbons (Fsp3) is 0.593. The van der Waals surface area contributed by atoms with Crippen molar-refractivity contribution in [1.82, 2.24) is 20.4 Å². The smallest absolute Gasteiger partial charge is 0.407 e. The maximum atomic E-state index is 13.2. The first-order valence-corrected chi connectivity index (χ1v) is 13.4. The van der Waals surface area contributed by atoms with Crippen molar-refractivity contribution in [3.05, 3.63) is 29.3 Å². The zero-order chi connectivity index (χ0) is 28.2. The molecule has 0 spiro atoms. The minimum atomic E-state index is -1.000. The van der Waals surface area contributed by atoms with Crippen molar-refractivity contribution in [2.24, 2.45) is 0 Å². The van der Waals surface area contributed by atoms with Crippen LogP contribution in [-0.4, -0.2) is 96.6 Å². The molecule has 1 aromatic rings. The zero-order valence-corrected chi connectivity index (χ0v) is 22.7. The van der Waals surface area contributed by atoms with E-state index in [0.29, 0.717) is 32.0 Å². The average Bonchev–Trinajstić information content (AvgIpc) is 3.41. The third kappa shape index (κ3) is 6.93. The van der Waals surface area contributed by atoms with Gasteiger partial charge in [0.15, 0.2) is 0 Å². The van der Waals surface area contributed by atoms with Gasteiger partial charge in [0.25, 0.3) is 11.8 Å². The third-order valence-corrected chi connectivity index (χ3v) is 6.93. The Morgan fingerprint density at radius 3 is 2.64 bits per heavy atom. The number of fused-ring (bicyclic) bond motifs is 1. The van der Waals surface area contributed by atoms with Gasteiger partial charge in [0.1, 0.15) is 11.6 Å². The van der Waals surface area contributed by atoms with Crippen LogP contribution < -0.4 is 16.0 Å². The van der Waals surface area contributed by atoms with Gasteiger partial charge in [-0.15, -0.1) is 0 Å². The van der Waals surface area contributed by atoms with Crippen LogP contribution in [0.4, 0.5) is 10.5 Å². The summed E-state index contributed by atoms with van der Waals surface area (Å²) in [5, 5.41) is 8.22. The Morgan fingerprint density at radius 1 is 1.10 bits per heavy atom. The lowest BCUT2D eigenvalue weighted by Gasteiger charge is -2.27. The second kappa shape index (κ2) is 12.1. The van der Waals surface area contributed by atoms with Gasteiger partial charge in [-0.25, -0.2) is 4.79 Å². The number of ether oxygens (including phenoxy) is 2. The van der Waals surface area contributed by atoms with Gasteiger partial charge in [-0.3, -0.25) is 34.3 Å². The third-order valence-electron chi connectivity index (χ3n) is 6.93. The number of hydrogen-bond acceptors (Lipinski definition) is 9. The number of hydrogen-bond donors (Lipinski definition) is 3. The first kappa shape index (κ1) is 28.5. The fourth-order valence-corrected chi connectivity index (χ4v) is 5.14. The monoisotopic (exact) mass is 543 g/mol. The van der Waals surface area contributed by atoms with Crippen LogP contribution in [0.15, 0.2) is 18.2 Å². The van der Waals surface area contributed by atoms with E-state index in [9.17, 15) is 24.0 Å². The summed E-state index contributed by atoms with van der Waals surface area (Å²) in [4.78, 5) is 65.1. The second-order valence-electron chi connectivity index (χ2n) is 10.9. The number of likely N-dealkylation sites (tertiary alicyclic amines) is 1. The Kier molecular flexibility index (Phi) is 8.86. The Balaban J connectivity index is 1.22. The molecule has 0 aromatic heterocycles. The minimum Gasteiger partial charge on any atom is -0.444 e. The number of nitrogens with one attached hydrogen (secondary N) is 3. The lowest BCUT2D eigenvalue weighted by molar-refractivity contribution is -0.136. The largest absolute Gasteiger partial charge is 0.444 e. The quantitative estimate of drug-likeness (QED) is 0.295. The molecule has 0 bridgehead atoms. The Hall–Kier alpha value is -3.51. The molecule has 1 aromatic carbocycles. The molecular weight excluding hydrogens is 506 g/mol. The summed E-state index contributed by atoms with van der Waals surface area (Å²) < 4.78 is 11.1. The molecular formula is C27H37N5O7.